The average Bonchev–Trinajstić information content (AvgIpc) is 2.87. The van der Waals surface area contributed by atoms with Gasteiger partial charge in [0.25, 0.3) is 0 Å². The van der Waals surface area contributed by atoms with Gasteiger partial charge in [-0.1, -0.05) is 18.2 Å². The van der Waals surface area contributed by atoms with Gasteiger partial charge in [-0.3, -0.25) is 0 Å². The van der Waals surface area contributed by atoms with Crippen molar-refractivity contribution in [3.05, 3.63) is 41.2 Å². The zero-order valence-electron chi connectivity index (χ0n) is 11.3. The molecule has 1 aromatic carbocycles. The van der Waals surface area contributed by atoms with Crippen LogP contribution in [-0.4, -0.2) is 43.6 Å². The van der Waals surface area contributed by atoms with E-state index in [2.05, 4.69) is 10.1 Å². The molecule has 0 fully saturated rings. The van der Waals surface area contributed by atoms with Crippen LogP contribution in [0.25, 0.3) is 10.9 Å². The van der Waals surface area contributed by atoms with Crippen LogP contribution in [0.3, 0.4) is 0 Å². The Bertz CT molecular complexity index is 751. The number of aliphatic carboxylic acids is 2. The summed E-state index contributed by atoms with van der Waals surface area (Å²) in [6.07, 6.45) is 0.284. The molecule has 22 heavy (non-hydrogen) atoms. The Kier molecular flexibility index (Phi) is 4.13. The number of H-pyrrole nitrogens is 1. The Morgan fingerprint density at radius 1 is 1.27 bits per heavy atom. The van der Waals surface area contributed by atoms with E-state index < -0.39 is 29.7 Å². The third kappa shape index (κ3) is 2.91. The number of aromatic amines is 1. The molecule has 4 N–H and O–H groups in total. The fourth-order valence-corrected chi connectivity index (χ4v) is 2.23. The van der Waals surface area contributed by atoms with E-state index in [1.54, 1.807) is 24.3 Å². The smallest absolute Gasteiger partial charge is 0.349 e. The van der Waals surface area contributed by atoms with Gasteiger partial charge < -0.3 is 30.7 Å². The van der Waals surface area contributed by atoms with Gasteiger partial charge in [0.1, 0.15) is 5.71 Å². The molecule has 2 rings (SSSR count). The second-order valence-corrected chi connectivity index (χ2v) is 4.89. The summed E-state index contributed by atoms with van der Waals surface area (Å²) in [5.74, 6) is -3.28. The topological polar surface area (TPSA) is 146 Å². The fraction of sp³-hybridized carbons (Fsp3) is 0.214. The molecule has 0 amide bonds. The molecule has 0 aliphatic heterocycles. The molecule has 8 heteroatoms. The van der Waals surface area contributed by atoms with Crippen LogP contribution in [0.4, 0.5) is 0 Å². The molecule has 116 valence electrons. The predicted octanol–water partition coefficient (Wildman–Crippen LogP) is 0.940. The lowest BCUT2D eigenvalue weighted by Crippen LogP contribution is -2.44. The van der Waals surface area contributed by atoms with Crippen LogP contribution in [0.1, 0.15) is 12.0 Å². The molecule has 0 bridgehead atoms. The first kappa shape index (κ1) is 15.5. The summed E-state index contributed by atoms with van der Waals surface area (Å²) in [5.41, 5.74) is -2.13. The van der Waals surface area contributed by atoms with Gasteiger partial charge >= 0.3 is 11.9 Å². The molecule has 0 unspecified atom stereocenters. The first-order valence-corrected chi connectivity index (χ1v) is 6.30. The third-order valence-corrected chi connectivity index (χ3v) is 3.37. The first-order chi connectivity index (χ1) is 10.4. The van der Waals surface area contributed by atoms with Gasteiger partial charge in [-0.05, 0) is 11.6 Å². The minimum absolute atomic E-state index is 0.362. The Morgan fingerprint density at radius 3 is 2.55 bits per heavy atom. The Hall–Kier alpha value is -2.87. The van der Waals surface area contributed by atoms with E-state index in [1.807, 2.05) is 0 Å². The van der Waals surface area contributed by atoms with Crippen molar-refractivity contribution < 1.29 is 24.9 Å². The number of nitrogens with one attached hydrogen (secondary N) is 1. The molecule has 0 saturated carbocycles. The lowest BCUT2D eigenvalue weighted by Gasteiger charge is -2.23. The van der Waals surface area contributed by atoms with Gasteiger partial charge in [-0.2, -0.15) is 0 Å². The van der Waals surface area contributed by atoms with E-state index in [9.17, 15) is 25.0 Å². The molecule has 0 saturated heterocycles. The Morgan fingerprint density at radius 2 is 1.95 bits per heavy atom. The highest BCUT2D eigenvalue weighted by Gasteiger charge is 2.39. The van der Waals surface area contributed by atoms with Crippen LogP contribution in [0.5, 0.6) is 0 Å². The van der Waals surface area contributed by atoms with Gasteiger partial charge in [0.2, 0.25) is 0 Å². The van der Waals surface area contributed by atoms with Crippen molar-refractivity contribution in [2.75, 3.05) is 0 Å². The maximum absolute atomic E-state index is 11.3. The van der Waals surface area contributed by atoms with Crippen molar-refractivity contribution >= 4 is 28.6 Å². The van der Waals surface area contributed by atoms with Gasteiger partial charge in [0, 0.05) is 29.9 Å². The zero-order chi connectivity index (χ0) is 16.3. The number of aliphatic hydroxyl groups is 1. The van der Waals surface area contributed by atoms with Crippen LogP contribution < -0.4 is 0 Å². The van der Waals surface area contributed by atoms with Crippen LogP contribution >= 0.6 is 0 Å². The number of carboxylic acids is 2. The highest BCUT2D eigenvalue weighted by molar-refractivity contribution is 6.36. The van der Waals surface area contributed by atoms with E-state index in [4.69, 9.17) is 5.11 Å². The van der Waals surface area contributed by atoms with E-state index in [1.165, 1.54) is 6.20 Å². The first-order valence-electron chi connectivity index (χ1n) is 6.30. The van der Waals surface area contributed by atoms with Gasteiger partial charge in [-0.25, -0.2) is 9.59 Å². The van der Waals surface area contributed by atoms with Crippen LogP contribution in [0, 0.1) is 5.21 Å². The van der Waals surface area contributed by atoms with E-state index in [0.717, 1.165) is 5.52 Å². The average molecular weight is 305 g/mol. The number of hydrogen-bond donors (Lipinski definition) is 4. The second kappa shape index (κ2) is 5.86. The van der Waals surface area contributed by atoms with Crippen LogP contribution in [0.2, 0.25) is 0 Å². The quantitative estimate of drug-likeness (QED) is 0.461. The van der Waals surface area contributed by atoms with E-state index in [-0.39, 0.29) is 6.42 Å². The summed E-state index contributed by atoms with van der Waals surface area (Å²) in [7, 11) is 0. The monoisotopic (exact) mass is 305 g/mol. The molecule has 1 aromatic heterocycles. The fourth-order valence-electron chi connectivity index (χ4n) is 2.23. The molecule has 1 heterocycles. The van der Waals surface area contributed by atoms with Crippen LogP contribution in [0.15, 0.2) is 35.6 Å². The highest BCUT2D eigenvalue weighted by Crippen LogP contribution is 2.25. The maximum atomic E-state index is 11.3. The van der Waals surface area contributed by atoms with Gasteiger partial charge in [-0.15, -0.1) is 0 Å². The van der Waals surface area contributed by atoms with E-state index >= 15 is 0 Å². The summed E-state index contributed by atoms with van der Waals surface area (Å²) in [5, 5.41) is 41.7. The second-order valence-electron chi connectivity index (χ2n) is 4.89. The maximum Gasteiger partial charge on any atom is 0.349 e. The van der Waals surface area contributed by atoms with Crippen molar-refractivity contribution in [1.29, 1.82) is 0 Å². The summed E-state index contributed by atoms with van der Waals surface area (Å²) < 4.78 is 0. The van der Waals surface area contributed by atoms with Gasteiger partial charge in [0.05, 0.1) is 0 Å². The number of nitrogens with zero attached hydrogens (tertiary/aromatic N) is 1. The Balaban J connectivity index is 2.36. The minimum Gasteiger partial charge on any atom is -0.792 e. The number of rotatable bonds is 6. The number of fused-ring (bicyclic) bond motifs is 1. The molecule has 1 atom stereocenters. The molecular formula is C14H13N2O6-. The largest absolute Gasteiger partial charge is 0.792 e. The van der Waals surface area contributed by atoms with Crippen LogP contribution in [-0.2, 0) is 16.0 Å². The number of aromatic nitrogens is 1. The summed E-state index contributed by atoms with van der Waals surface area (Å²) >= 11 is 0. The molecular weight excluding hydrogens is 292 g/mol. The van der Waals surface area contributed by atoms with E-state index in [0.29, 0.717) is 10.9 Å². The summed E-state index contributed by atoms with van der Waals surface area (Å²) in [6, 6.07) is 7.06. The summed E-state index contributed by atoms with van der Waals surface area (Å²) in [6.45, 7) is 0. The zero-order valence-corrected chi connectivity index (χ0v) is 11.3. The van der Waals surface area contributed by atoms with Crippen molar-refractivity contribution in [2.45, 2.75) is 18.4 Å². The van der Waals surface area contributed by atoms with Crippen molar-refractivity contribution in [3.63, 3.8) is 0 Å². The molecule has 8 nitrogen and oxygen atoms in total. The number of benzene rings is 1. The lowest BCUT2D eigenvalue weighted by atomic mass is 9.89. The van der Waals surface area contributed by atoms with Crippen molar-refractivity contribution in [2.24, 2.45) is 5.16 Å². The van der Waals surface area contributed by atoms with Gasteiger partial charge in [0.15, 0.2) is 5.60 Å². The Labute approximate surface area is 124 Å². The number of hydrogen-bond acceptors (Lipinski definition) is 5. The summed E-state index contributed by atoms with van der Waals surface area (Å²) in [4.78, 5) is 25.1. The predicted molar refractivity (Wildman–Crippen MR) is 77.6 cm³/mol. The molecule has 0 aliphatic carbocycles. The number of carboxylic acid groups (broad SMARTS) is 2. The third-order valence-electron chi connectivity index (χ3n) is 3.37. The molecule has 0 spiro atoms. The molecule has 0 radical (unpaired) electrons. The number of carbonyl (C=O) groups is 2. The normalized spacial score (nSPS) is 14.7. The molecule has 0 aliphatic rings. The lowest BCUT2D eigenvalue weighted by molar-refractivity contribution is -0.157. The molecule has 2 aromatic rings. The highest BCUT2D eigenvalue weighted by atomic mass is 16.4. The standard InChI is InChI=1S/C14H14N2O6/c17-12(18)11(16-22)6-14(21,13(19)20)5-8-7-15-10-4-2-1-3-9(8)10/h1-4,7,15,21-22H,5-6H2,(H,17,18)(H,19,20)/p-1/t14-/m1/s1. The number of para-hydroxylation sites is 1. The SMILES string of the molecule is O=C(O)C(C[C@](O)(Cc1c[nH]c2ccccc12)C(=O)O)=N[O-]. The minimum atomic E-state index is -2.44. The van der Waals surface area contributed by atoms with Crippen molar-refractivity contribution in [3.8, 4) is 0 Å². The van der Waals surface area contributed by atoms with Crippen molar-refractivity contribution in [1.82, 2.24) is 4.98 Å².